The lowest BCUT2D eigenvalue weighted by molar-refractivity contribution is 0.473. The minimum absolute atomic E-state index is 0.00231. The van der Waals surface area contributed by atoms with Crippen molar-refractivity contribution in [1.29, 1.82) is 0 Å². The van der Waals surface area contributed by atoms with Gasteiger partial charge in [0.25, 0.3) is 0 Å². The number of fused-ring (bicyclic) bond motifs is 1. The standard InChI is InChI=1S/C5H4N4O2.C4H6N4O.C2H4/c6-4-7-1-2-3(8-4)9-5(10)11-2;5-3-2(9)1-7-4(6)8-3;1-2/h1H,(H3,6,7,8,9,10);1,9H,(H4,5,6,7,8);1-2H2. The highest BCUT2D eigenvalue weighted by atomic mass is 16.4. The van der Waals surface area contributed by atoms with Crippen LogP contribution in [0.5, 0.6) is 5.75 Å². The van der Waals surface area contributed by atoms with Gasteiger partial charge in [-0.2, -0.15) is 9.97 Å². The highest BCUT2D eigenvalue weighted by Crippen LogP contribution is 2.13. The molecule has 0 radical (unpaired) electrons. The smallest absolute Gasteiger partial charge is 0.418 e. The van der Waals surface area contributed by atoms with Gasteiger partial charge in [-0.05, 0) is 0 Å². The average molecular weight is 306 g/mol. The molecule has 0 saturated heterocycles. The van der Waals surface area contributed by atoms with Gasteiger partial charge in [0.05, 0.1) is 12.4 Å². The molecule has 3 heterocycles. The van der Waals surface area contributed by atoms with Gasteiger partial charge in [-0.25, -0.2) is 14.8 Å². The predicted molar refractivity (Wildman–Crippen MR) is 80.6 cm³/mol. The van der Waals surface area contributed by atoms with Gasteiger partial charge < -0.3 is 26.7 Å². The fraction of sp³-hybridized carbons (Fsp3) is 0. The molecule has 3 rings (SSSR count). The maximum atomic E-state index is 10.6. The van der Waals surface area contributed by atoms with Gasteiger partial charge in [0.15, 0.2) is 22.8 Å². The molecule has 0 saturated carbocycles. The Bertz CT molecular complexity index is 812. The Hall–Kier alpha value is -3.63. The first-order valence-corrected chi connectivity index (χ1v) is 5.64. The molecule has 0 amide bonds. The molecule has 11 nitrogen and oxygen atoms in total. The van der Waals surface area contributed by atoms with Crippen LogP contribution in [0.4, 0.5) is 17.7 Å². The molecular weight excluding hydrogens is 292 g/mol. The van der Waals surface area contributed by atoms with Crippen LogP contribution >= 0.6 is 0 Å². The molecule has 3 aromatic rings. The summed E-state index contributed by atoms with van der Waals surface area (Å²) in [4.78, 5) is 27.2. The number of oxazole rings is 1. The molecule has 0 atom stereocenters. The van der Waals surface area contributed by atoms with E-state index in [1.54, 1.807) is 0 Å². The lowest BCUT2D eigenvalue weighted by Crippen LogP contribution is -1.98. The number of hydrogen-bond acceptors (Lipinski definition) is 10. The van der Waals surface area contributed by atoms with Crippen molar-refractivity contribution in [1.82, 2.24) is 24.9 Å². The maximum Gasteiger partial charge on any atom is 0.418 e. The number of nitrogens with two attached hydrogens (primary N) is 3. The molecule has 11 heteroatoms. The molecule has 0 spiro atoms. The molecule has 22 heavy (non-hydrogen) atoms. The van der Waals surface area contributed by atoms with Crippen LogP contribution in [-0.4, -0.2) is 30.0 Å². The fourth-order valence-corrected chi connectivity index (χ4v) is 1.17. The Morgan fingerprint density at radius 2 is 1.68 bits per heavy atom. The first kappa shape index (κ1) is 16.4. The van der Waals surface area contributed by atoms with E-state index in [1.165, 1.54) is 6.20 Å². The Morgan fingerprint density at radius 3 is 2.27 bits per heavy atom. The summed E-state index contributed by atoms with van der Waals surface area (Å²) in [5.74, 6) is -0.536. The summed E-state index contributed by atoms with van der Waals surface area (Å²) in [6, 6.07) is 0. The van der Waals surface area contributed by atoms with E-state index in [4.69, 9.17) is 22.3 Å². The van der Waals surface area contributed by atoms with Gasteiger partial charge in [-0.3, -0.25) is 4.98 Å². The molecule has 0 aliphatic carbocycles. The molecule has 0 bridgehead atoms. The molecule has 0 unspecified atom stereocenters. The Balaban J connectivity index is 0.000000202. The summed E-state index contributed by atoms with van der Waals surface area (Å²) in [6.45, 7) is 6.00. The van der Waals surface area contributed by atoms with E-state index < -0.39 is 5.76 Å². The Kier molecular flexibility index (Phi) is 5.40. The molecule has 0 aliphatic rings. The second kappa shape index (κ2) is 7.23. The number of H-pyrrole nitrogens is 1. The van der Waals surface area contributed by atoms with E-state index in [-0.39, 0.29) is 23.5 Å². The fourth-order valence-electron chi connectivity index (χ4n) is 1.17. The van der Waals surface area contributed by atoms with Crippen molar-refractivity contribution in [3.05, 3.63) is 36.1 Å². The summed E-state index contributed by atoms with van der Waals surface area (Å²) in [5, 5.41) is 8.74. The molecule has 0 aliphatic heterocycles. The predicted octanol–water partition coefficient (Wildman–Crippen LogP) is -0.358. The normalized spacial score (nSPS) is 9.27. The zero-order valence-corrected chi connectivity index (χ0v) is 11.4. The van der Waals surface area contributed by atoms with E-state index in [0.29, 0.717) is 11.2 Å². The lowest BCUT2D eigenvalue weighted by atomic mass is 10.5. The van der Waals surface area contributed by atoms with Crippen LogP contribution in [0.2, 0.25) is 0 Å². The zero-order chi connectivity index (χ0) is 16.7. The highest BCUT2D eigenvalue weighted by molar-refractivity contribution is 5.66. The number of nitrogens with zero attached hydrogens (tertiary/aromatic N) is 4. The molecule has 0 aromatic carbocycles. The van der Waals surface area contributed by atoms with Crippen LogP contribution in [0.25, 0.3) is 11.2 Å². The van der Waals surface area contributed by atoms with Crippen LogP contribution in [0.15, 0.2) is 34.8 Å². The summed E-state index contributed by atoms with van der Waals surface area (Å²) >= 11 is 0. The number of anilines is 3. The molecule has 0 fully saturated rings. The van der Waals surface area contributed by atoms with Crippen molar-refractivity contribution in [2.45, 2.75) is 0 Å². The Morgan fingerprint density at radius 1 is 1.09 bits per heavy atom. The first-order chi connectivity index (χ1) is 10.5. The van der Waals surface area contributed by atoms with Crippen molar-refractivity contribution < 1.29 is 9.52 Å². The number of nitrogen functional groups attached to an aromatic ring is 3. The van der Waals surface area contributed by atoms with Crippen LogP contribution in [0.3, 0.4) is 0 Å². The Labute approximate surface area is 123 Å². The van der Waals surface area contributed by atoms with E-state index in [9.17, 15) is 4.79 Å². The second-order valence-corrected chi connectivity index (χ2v) is 3.45. The largest absolute Gasteiger partial charge is 0.503 e. The third-order valence-electron chi connectivity index (χ3n) is 2.01. The van der Waals surface area contributed by atoms with Crippen LogP contribution in [-0.2, 0) is 0 Å². The number of hydrogen-bond donors (Lipinski definition) is 5. The van der Waals surface area contributed by atoms with Crippen molar-refractivity contribution >= 4 is 28.9 Å². The summed E-state index contributed by atoms with van der Waals surface area (Å²) in [5.41, 5.74) is 16.1. The monoisotopic (exact) mass is 306 g/mol. The zero-order valence-electron chi connectivity index (χ0n) is 11.4. The van der Waals surface area contributed by atoms with Crippen molar-refractivity contribution in [2.24, 2.45) is 0 Å². The van der Waals surface area contributed by atoms with E-state index in [0.717, 1.165) is 6.20 Å². The number of aromatic hydroxyl groups is 1. The molecule has 8 N–H and O–H groups in total. The summed E-state index contributed by atoms with van der Waals surface area (Å²) in [7, 11) is 0. The first-order valence-electron chi connectivity index (χ1n) is 5.64. The quantitative estimate of drug-likeness (QED) is 0.342. The van der Waals surface area contributed by atoms with Crippen molar-refractivity contribution in [3.8, 4) is 5.75 Å². The van der Waals surface area contributed by atoms with E-state index in [1.807, 2.05) is 0 Å². The summed E-state index contributed by atoms with van der Waals surface area (Å²) in [6.07, 6.45) is 2.49. The van der Waals surface area contributed by atoms with Crippen LogP contribution < -0.4 is 23.0 Å². The second-order valence-electron chi connectivity index (χ2n) is 3.45. The van der Waals surface area contributed by atoms with Gasteiger partial charge in [0.2, 0.25) is 11.9 Å². The van der Waals surface area contributed by atoms with E-state index >= 15 is 0 Å². The number of aromatic nitrogens is 5. The van der Waals surface area contributed by atoms with Gasteiger partial charge in [0.1, 0.15) is 0 Å². The topological polar surface area (TPSA) is 196 Å². The minimum Gasteiger partial charge on any atom is -0.503 e. The SMILES string of the molecule is C=C.Nc1ncc(O)c(N)n1.Nc1ncc2oc(=O)[nH]c2n1. The highest BCUT2D eigenvalue weighted by Gasteiger charge is 2.01. The average Bonchev–Trinajstić information content (AvgIpc) is 2.85. The molecule has 3 aromatic heterocycles. The van der Waals surface area contributed by atoms with Gasteiger partial charge in [-0.1, -0.05) is 0 Å². The van der Waals surface area contributed by atoms with Crippen molar-refractivity contribution in [3.63, 3.8) is 0 Å². The van der Waals surface area contributed by atoms with Gasteiger partial charge in [-0.15, -0.1) is 13.2 Å². The maximum absolute atomic E-state index is 10.6. The lowest BCUT2D eigenvalue weighted by Gasteiger charge is -1.94. The number of rotatable bonds is 0. The van der Waals surface area contributed by atoms with Gasteiger partial charge >= 0.3 is 5.76 Å². The van der Waals surface area contributed by atoms with Crippen molar-refractivity contribution in [2.75, 3.05) is 17.2 Å². The third kappa shape index (κ3) is 4.19. The number of aromatic amines is 1. The minimum atomic E-state index is -0.556. The van der Waals surface area contributed by atoms with Crippen LogP contribution in [0.1, 0.15) is 0 Å². The molecular formula is C11H14N8O3. The number of nitrogens with one attached hydrogen (secondary N) is 1. The van der Waals surface area contributed by atoms with Gasteiger partial charge in [0, 0.05) is 0 Å². The summed E-state index contributed by atoms with van der Waals surface area (Å²) < 4.78 is 4.63. The van der Waals surface area contributed by atoms with E-state index in [2.05, 4.69) is 42.5 Å². The van der Waals surface area contributed by atoms with Crippen LogP contribution in [0, 0.1) is 0 Å². The molecule has 116 valence electrons. The third-order valence-corrected chi connectivity index (χ3v) is 2.01.